The van der Waals surface area contributed by atoms with Crippen molar-refractivity contribution in [1.82, 2.24) is 10.0 Å². The molecule has 1 amide bonds. The number of carbonyl (C=O) groups is 1. The minimum absolute atomic E-state index is 0.0179. The molecule has 0 aliphatic rings. The molecule has 0 saturated carbocycles. The number of nitrogens with one attached hydrogen (secondary N) is 2. The van der Waals surface area contributed by atoms with Gasteiger partial charge in [0.25, 0.3) is 0 Å². The Bertz CT molecular complexity index is 496. The molecule has 0 bridgehead atoms. The lowest BCUT2D eigenvalue weighted by atomic mass is 10.2. The molecular weight excluding hydrogens is 256 g/mol. The second-order valence-electron chi connectivity index (χ2n) is 3.68. The first-order chi connectivity index (χ1) is 8.45. The summed E-state index contributed by atoms with van der Waals surface area (Å²) in [6.45, 7) is 1.51. The molecular formula is C11H16N2O4S. The van der Waals surface area contributed by atoms with Crippen LogP contribution in [0.25, 0.3) is 0 Å². The molecule has 0 saturated heterocycles. The fourth-order valence-electron chi connectivity index (χ4n) is 1.28. The van der Waals surface area contributed by atoms with Crippen molar-refractivity contribution in [3.63, 3.8) is 0 Å². The van der Waals surface area contributed by atoms with Gasteiger partial charge in [-0.05, 0) is 17.7 Å². The Balaban J connectivity index is 2.73. The Kier molecular flexibility index (Phi) is 5.26. The Morgan fingerprint density at radius 1 is 1.28 bits per heavy atom. The first-order valence-corrected chi connectivity index (χ1v) is 6.88. The van der Waals surface area contributed by atoms with Gasteiger partial charge in [0.15, 0.2) is 0 Å². The maximum Gasteiger partial charge on any atom is 0.240 e. The van der Waals surface area contributed by atoms with Crippen molar-refractivity contribution in [1.29, 1.82) is 0 Å². The van der Waals surface area contributed by atoms with Crippen molar-refractivity contribution in [3.05, 3.63) is 29.8 Å². The van der Waals surface area contributed by atoms with Crippen LogP contribution in [0.4, 0.5) is 0 Å². The highest BCUT2D eigenvalue weighted by Crippen LogP contribution is 2.10. The average Bonchev–Trinajstić information content (AvgIpc) is 2.34. The van der Waals surface area contributed by atoms with E-state index >= 15 is 0 Å². The molecule has 0 fully saturated rings. The molecule has 1 aromatic rings. The summed E-state index contributed by atoms with van der Waals surface area (Å²) < 4.78 is 25.6. The molecule has 0 radical (unpaired) electrons. The molecule has 6 nitrogen and oxygen atoms in total. The van der Waals surface area contributed by atoms with Crippen LogP contribution in [0, 0.1) is 0 Å². The Hall–Kier alpha value is -1.44. The third-order valence-corrected chi connectivity index (χ3v) is 3.66. The highest BCUT2D eigenvalue weighted by Gasteiger charge is 2.12. The van der Waals surface area contributed by atoms with Gasteiger partial charge in [-0.3, -0.25) is 4.79 Å². The van der Waals surface area contributed by atoms with E-state index in [0.29, 0.717) is 6.54 Å². The van der Waals surface area contributed by atoms with Gasteiger partial charge in [-0.1, -0.05) is 12.1 Å². The Morgan fingerprint density at radius 2 is 1.89 bits per heavy atom. The van der Waals surface area contributed by atoms with Crippen LogP contribution in [0.2, 0.25) is 0 Å². The number of sulfonamides is 1. The minimum atomic E-state index is -3.57. The molecule has 100 valence electrons. The molecule has 0 atom stereocenters. The van der Waals surface area contributed by atoms with Gasteiger partial charge in [0.2, 0.25) is 15.9 Å². The summed E-state index contributed by atoms with van der Waals surface area (Å²) in [5.74, 6) is -0.142. The standard InChI is InChI=1S/C11H16N2O4S/c1-9(15)12-8-10-2-4-11(5-3-10)18(16,17)13-6-7-14/h2-5,13-14H,6-8H2,1H3,(H,12,15). The third kappa shape index (κ3) is 4.44. The summed E-state index contributed by atoms with van der Waals surface area (Å²) >= 11 is 0. The molecule has 0 heterocycles. The molecule has 1 rings (SSSR count). The van der Waals surface area contributed by atoms with Gasteiger partial charge < -0.3 is 10.4 Å². The lowest BCUT2D eigenvalue weighted by molar-refractivity contribution is -0.119. The highest BCUT2D eigenvalue weighted by atomic mass is 32.2. The molecule has 1 aromatic carbocycles. The van der Waals surface area contributed by atoms with Crippen molar-refractivity contribution < 1.29 is 18.3 Å². The van der Waals surface area contributed by atoms with E-state index < -0.39 is 10.0 Å². The van der Waals surface area contributed by atoms with E-state index in [1.54, 1.807) is 12.1 Å². The number of aliphatic hydroxyl groups is 1. The zero-order chi connectivity index (χ0) is 13.6. The van der Waals surface area contributed by atoms with Gasteiger partial charge in [0.1, 0.15) is 0 Å². The number of hydrogen-bond acceptors (Lipinski definition) is 4. The second-order valence-corrected chi connectivity index (χ2v) is 5.44. The third-order valence-electron chi connectivity index (χ3n) is 2.18. The van der Waals surface area contributed by atoms with Crippen molar-refractivity contribution in [2.75, 3.05) is 13.2 Å². The molecule has 18 heavy (non-hydrogen) atoms. The molecule has 0 unspecified atom stereocenters. The first-order valence-electron chi connectivity index (χ1n) is 5.39. The summed E-state index contributed by atoms with van der Waals surface area (Å²) in [7, 11) is -3.57. The van der Waals surface area contributed by atoms with Gasteiger partial charge in [-0.25, -0.2) is 13.1 Å². The van der Waals surface area contributed by atoms with Crippen LogP contribution >= 0.6 is 0 Å². The molecule has 3 N–H and O–H groups in total. The van der Waals surface area contributed by atoms with Gasteiger partial charge in [-0.2, -0.15) is 0 Å². The smallest absolute Gasteiger partial charge is 0.240 e. The summed E-state index contributed by atoms with van der Waals surface area (Å²) in [5, 5.41) is 11.2. The topological polar surface area (TPSA) is 95.5 Å². The maximum absolute atomic E-state index is 11.7. The SMILES string of the molecule is CC(=O)NCc1ccc(S(=O)(=O)NCCO)cc1. The predicted octanol–water partition coefficient (Wildman–Crippen LogP) is -0.407. The van der Waals surface area contributed by atoms with Gasteiger partial charge in [0, 0.05) is 20.0 Å². The van der Waals surface area contributed by atoms with E-state index in [2.05, 4.69) is 10.0 Å². The normalized spacial score (nSPS) is 11.2. The fourth-order valence-corrected chi connectivity index (χ4v) is 2.30. The zero-order valence-electron chi connectivity index (χ0n) is 10.0. The number of aliphatic hydroxyl groups excluding tert-OH is 1. The maximum atomic E-state index is 11.7. The van der Waals surface area contributed by atoms with Crippen LogP contribution in [0.5, 0.6) is 0 Å². The van der Waals surface area contributed by atoms with Crippen LogP contribution in [0.15, 0.2) is 29.2 Å². The summed E-state index contributed by atoms with van der Waals surface area (Å²) in [6, 6.07) is 6.17. The summed E-state index contributed by atoms with van der Waals surface area (Å²) in [4.78, 5) is 10.8. The van der Waals surface area contributed by atoms with Crippen LogP contribution in [0.3, 0.4) is 0 Å². The minimum Gasteiger partial charge on any atom is -0.395 e. The number of amides is 1. The van der Waals surface area contributed by atoms with E-state index in [0.717, 1.165) is 5.56 Å². The van der Waals surface area contributed by atoms with E-state index in [1.165, 1.54) is 19.1 Å². The Morgan fingerprint density at radius 3 is 2.39 bits per heavy atom. The second kappa shape index (κ2) is 6.48. The van der Waals surface area contributed by atoms with E-state index in [4.69, 9.17) is 5.11 Å². The van der Waals surface area contributed by atoms with E-state index in [1.807, 2.05) is 0 Å². The lowest BCUT2D eigenvalue weighted by Crippen LogP contribution is -2.26. The first kappa shape index (κ1) is 14.6. The highest BCUT2D eigenvalue weighted by molar-refractivity contribution is 7.89. The van der Waals surface area contributed by atoms with E-state index in [-0.39, 0.29) is 24.0 Å². The zero-order valence-corrected chi connectivity index (χ0v) is 10.8. The van der Waals surface area contributed by atoms with Gasteiger partial charge in [-0.15, -0.1) is 0 Å². The number of hydrogen-bond donors (Lipinski definition) is 3. The molecule has 7 heteroatoms. The van der Waals surface area contributed by atoms with Crippen LogP contribution in [-0.4, -0.2) is 32.6 Å². The number of carbonyl (C=O) groups excluding carboxylic acids is 1. The summed E-state index contributed by atoms with van der Waals surface area (Å²) in [6.07, 6.45) is 0. The quantitative estimate of drug-likeness (QED) is 0.656. The number of rotatable bonds is 6. The van der Waals surface area contributed by atoms with Crippen LogP contribution < -0.4 is 10.0 Å². The predicted molar refractivity (Wildman–Crippen MR) is 66.2 cm³/mol. The number of benzene rings is 1. The van der Waals surface area contributed by atoms with Crippen molar-refractivity contribution in [2.45, 2.75) is 18.4 Å². The van der Waals surface area contributed by atoms with Gasteiger partial charge in [0.05, 0.1) is 11.5 Å². The van der Waals surface area contributed by atoms with Gasteiger partial charge >= 0.3 is 0 Å². The average molecular weight is 272 g/mol. The van der Waals surface area contributed by atoms with Crippen LogP contribution in [0.1, 0.15) is 12.5 Å². The molecule has 0 spiro atoms. The lowest BCUT2D eigenvalue weighted by Gasteiger charge is -2.07. The largest absolute Gasteiger partial charge is 0.395 e. The molecule has 0 aliphatic heterocycles. The monoisotopic (exact) mass is 272 g/mol. The van der Waals surface area contributed by atoms with Crippen LogP contribution in [-0.2, 0) is 21.4 Å². The molecule has 0 aromatic heterocycles. The fraction of sp³-hybridized carbons (Fsp3) is 0.364. The van der Waals surface area contributed by atoms with E-state index in [9.17, 15) is 13.2 Å². The van der Waals surface area contributed by atoms with Crippen molar-refractivity contribution in [2.24, 2.45) is 0 Å². The summed E-state index contributed by atoms with van der Waals surface area (Å²) in [5.41, 5.74) is 0.811. The molecule has 0 aliphatic carbocycles. The Labute approximate surface area is 106 Å². The van der Waals surface area contributed by atoms with Crippen molar-refractivity contribution >= 4 is 15.9 Å². The van der Waals surface area contributed by atoms with Crippen molar-refractivity contribution in [3.8, 4) is 0 Å².